The van der Waals surface area contributed by atoms with Gasteiger partial charge in [0.15, 0.2) is 0 Å². The lowest BCUT2D eigenvalue weighted by atomic mass is 9.93. The second-order valence-electron chi connectivity index (χ2n) is 6.54. The topological polar surface area (TPSA) is 47.6 Å². The molecule has 4 nitrogen and oxygen atoms in total. The van der Waals surface area contributed by atoms with Crippen LogP contribution in [0.1, 0.15) is 22.7 Å². The van der Waals surface area contributed by atoms with Crippen LogP contribution in [0.2, 0.25) is 0 Å². The third-order valence-corrected chi connectivity index (χ3v) is 4.82. The van der Waals surface area contributed by atoms with Crippen LogP contribution >= 0.6 is 0 Å². The summed E-state index contributed by atoms with van der Waals surface area (Å²) in [5, 5.41) is 3.51. The average Bonchev–Trinajstić information content (AvgIpc) is 2.73. The van der Waals surface area contributed by atoms with Crippen LogP contribution in [-0.4, -0.2) is 19.1 Å². The van der Waals surface area contributed by atoms with Crippen molar-refractivity contribution in [2.45, 2.75) is 18.5 Å². The minimum absolute atomic E-state index is 0.154. The smallest absolute Gasteiger partial charge is 0.323 e. The molecule has 0 unspecified atom stereocenters. The first-order valence-electron chi connectivity index (χ1n) is 9.00. The first-order chi connectivity index (χ1) is 13.3. The molecular formula is C23H21NO3. The van der Waals surface area contributed by atoms with Crippen molar-refractivity contribution in [1.82, 2.24) is 5.32 Å². The zero-order chi connectivity index (χ0) is 18.6. The summed E-state index contributed by atoms with van der Waals surface area (Å²) in [6, 6.07) is 25.1. The largest absolute Gasteiger partial charge is 0.468 e. The van der Waals surface area contributed by atoms with Gasteiger partial charge >= 0.3 is 5.97 Å². The molecule has 0 aliphatic carbocycles. The molecule has 3 aromatic carbocycles. The maximum absolute atomic E-state index is 12.5. The number of hydrogen-bond donors (Lipinski definition) is 1. The van der Waals surface area contributed by atoms with Crippen LogP contribution in [0.4, 0.5) is 0 Å². The van der Waals surface area contributed by atoms with Crippen LogP contribution in [0.3, 0.4) is 0 Å². The summed E-state index contributed by atoms with van der Waals surface area (Å²) >= 11 is 0. The molecule has 1 atom stereocenters. The molecule has 1 aliphatic heterocycles. The normalized spacial score (nSPS) is 13.8. The van der Waals surface area contributed by atoms with E-state index in [1.807, 2.05) is 78.9 Å². The van der Waals surface area contributed by atoms with Crippen molar-refractivity contribution in [3.05, 3.63) is 95.6 Å². The molecule has 0 saturated heterocycles. The Kier molecular flexibility index (Phi) is 4.90. The molecule has 0 spiro atoms. The van der Waals surface area contributed by atoms with Gasteiger partial charge in [-0.25, -0.2) is 0 Å². The van der Waals surface area contributed by atoms with Gasteiger partial charge in [-0.3, -0.25) is 10.1 Å². The number of para-hydroxylation sites is 2. The van der Waals surface area contributed by atoms with Gasteiger partial charge in [0.05, 0.1) is 13.2 Å². The fraction of sp³-hybridized carbons (Fsp3) is 0.174. The predicted molar refractivity (Wildman–Crippen MR) is 104 cm³/mol. The van der Waals surface area contributed by atoms with Crippen LogP contribution in [0.5, 0.6) is 11.5 Å². The number of esters is 1. The van der Waals surface area contributed by atoms with Crippen molar-refractivity contribution in [3.8, 4) is 11.5 Å². The molecule has 0 radical (unpaired) electrons. The Morgan fingerprint density at radius 2 is 1.48 bits per heavy atom. The number of methoxy groups -OCH3 is 1. The summed E-state index contributed by atoms with van der Waals surface area (Å²) in [4.78, 5) is 12.5. The number of rotatable bonds is 5. The molecule has 136 valence electrons. The van der Waals surface area contributed by atoms with Crippen LogP contribution in [-0.2, 0) is 16.0 Å². The van der Waals surface area contributed by atoms with Crippen molar-refractivity contribution >= 4 is 5.97 Å². The minimum atomic E-state index is -0.471. The summed E-state index contributed by atoms with van der Waals surface area (Å²) < 4.78 is 11.1. The van der Waals surface area contributed by atoms with E-state index in [1.165, 1.54) is 7.11 Å². The summed E-state index contributed by atoms with van der Waals surface area (Å²) in [5.74, 6) is 1.33. The van der Waals surface area contributed by atoms with Crippen LogP contribution in [0.15, 0.2) is 78.9 Å². The van der Waals surface area contributed by atoms with Gasteiger partial charge in [-0.05, 0) is 24.1 Å². The van der Waals surface area contributed by atoms with Crippen molar-refractivity contribution in [3.63, 3.8) is 0 Å². The number of hydrogen-bond acceptors (Lipinski definition) is 4. The second kappa shape index (κ2) is 7.64. The third-order valence-electron chi connectivity index (χ3n) is 4.82. The van der Waals surface area contributed by atoms with Crippen LogP contribution in [0.25, 0.3) is 0 Å². The number of carbonyl (C=O) groups is 1. The Balaban J connectivity index is 1.69. The molecular weight excluding hydrogens is 338 g/mol. The molecule has 0 saturated carbocycles. The molecule has 4 heteroatoms. The van der Waals surface area contributed by atoms with Gasteiger partial charge in [-0.1, -0.05) is 66.7 Å². The van der Waals surface area contributed by atoms with E-state index in [0.29, 0.717) is 6.42 Å². The highest BCUT2D eigenvalue weighted by atomic mass is 16.5. The SMILES string of the molecule is COC(=O)[C@H](Cc1ccccc1)NC1c2ccccc2Oc2ccccc21. The lowest BCUT2D eigenvalue weighted by Crippen LogP contribution is -2.42. The van der Waals surface area contributed by atoms with Crippen molar-refractivity contribution in [2.24, 2.45) is 0 Å². The van der Waals surface area contributed by atoms with Gasteiger partial charge in [0.2, 0.25) is 0 Å². The van der Waals surface area contributed by atoms with Crippen molar-refractivity contribution < 1.29 is 14.3 Å². The summed E-state index contributed by atoms with van der Waals surface area (Å²) in [6.45, 7) is 0. The number of benzene rings is 3. The van der Waals surface area contributed by atoms with Crippen molar-refractivity contribution in [2.75, 3.05) is 7.11 Å². The number of carbonyl (C=O) groups excluding carboxylic acids is 1. The van der Waals surface area contributed by atoms with E-state index in [9.17, 15) is 4.79 Å². The molecule has 27 heavy (non-hydrogen) atoms. The molecule has 1 N–H and O–H groups in total. The lowest BCUT2D eigenvalue weighted by molar-refractivity contribution is -0.143. The molecule has 0 bridgehead atoms. The van der Waals surface area contributed by atoms with E-state index in [1.54, 1.807) is 0 Å². The van der Waals surface area contributed by atoms with Gasteiger partial charge < -0.3 is 9.47 Å². The Labute approximate surface area is 158 Å². The van der Waals surface area contributed by atoms with E-state index in [4.69, 9.17) is 9.47 Å². The molecule has 0 amide bonds. The Morgan fingerprint density at radius 1 is 0.926 bits per heavy atom. The fourth-order valence-electron chi connectivity index (χ4n) is 3.49. The predicted octanol–water partition coefficient (Wildman–Crippen LogP) is 4.26. The molecule has 4 rings (SSSR count). The standard InChI is InChI=1S/C23H21NO3/c1-26-23(25)19(15-16-9-3-2-4-10-16)24-22-17-11-5-7-13-20(17)27-21-14-8-6-12-18(21)22/h2-14,19,22,24H,15H2,1H3/t19-/m0/s1. The van der Waals surface area contributed by atoms with Gasteiger partial charge in [0, 0.05) is 11.1 Å². The lowest BCUT2D eigenvalue weighted by Gasteiger charge is -2.31. The van der Waals surface area contributed by atoms with E-state index < -0.39 is 6.04 Å². The van der Waals surface area contributed by atoms with Gasteiger partial charge in [0.25, 0.3) is 0 Å². The summed E-state index contributed by atoms with van der Waals surface area (Å²) in [6.07, 6.45) is 0.551. The highest BCUT2D eigenvalue weighted by Gasteiger charge is 2.31. The molecule has 0 aromatic heterocycles. The average molecular weight is 359 g/mol. The zero-order valence-electron chi connectivity index (χ0n) is 15.1. The van der Waals surface area contributed by atoms with Gasteiger partial charge in [-0.15, -0.1) is 0 Å². The number of nitrogens with one attached hydrogen (secondary N) is 1. The van der Waals surface area contributed by atoms with E-state index >= 15 is 0 Å². The second-order valence-corrected chi connectivity index (χ2v) is 6.54. The summed E-state index contributed by atoms with van der Waals surface area (Å²) in [7, 11) is 1.42. The zero-order valence-corrected chi connectivity index (χ0v) is 15.1. The maximum atomic E-state index is 12.5. The number of ether oxygens (including phenoxy) is 2. The van der Waals surface area contributed by atoms with Crippen molar-refractivity contribution in [1.29, 1.82) is 0 Å². The van der Waals surface area contributed by atoms with Crippen LogP contribution in [0, 0.1) is 0 Å². The summed E-state index contributed by atoms with van der Waals surface area (Å²) in [5.41, 5.74) is 3.10. The molecule has 0 fully saturated rings. The highest BCUT2D eigenvalue weighted by Crippen LogP contribution is 2.42. The minimum Gasteiger partial charge on any atom is -0.468 e. The van der Waals surface area contributed by atoms with Gasteiger partial charge in [-0.2, -0.15) is 0 Å². The molecule has 3 aromatic rings. The number of fused-ring (bicyclic) bond motifs is 2. The Morgan fingerprint density at radius 3 is 2.07 bits per heavy atom. The highest BCUT2D eigenvalue weighted by molar-refractivity contribution is 5.76. The molecule has 1 heterocycles. The quantitative estimate of drug-likeness (QED) is 0.692. The molecule has 1 aliphatic rings. The van der Waals surface area contributed by atoms with Crippen LogP contribution < -0.4 is 10.1 Å². The van der Waals surface area contributed by atoms with Gasteiger partial charge in [0.1, 0.15) is 17.5 Å². The Bertz CT molecular complexity index is 894. The fourth-order valence-corrected chi connectivity index (χ4v) is 3.49. The monoisotopic (exact) mass is 359 g/mol. The first-order valence-corrected chi connectivity index (χ1v) is 9.00. The van der Waals surface area contributed by atoms with E-state index in [0.717, 1.165) is 28.2 Å². The first kappa shape index (κ1) is 17.3. The maximum Gasteiger partial charge on any atom is 0.323 e. The van der Waals surface area contributed by atoms with E-state index in [-0.39, 0.29) is 12.0 Å². The Hall–Kier alpha value is -3.11. The van der Waals surface area contributed by atoms with E-state index in [2.05, 4.69) is 5.32 Å². The third kappa shape index (κ3) is 3.57.